The molecular formula is C18H14N4O2. The summed E-state index contributed by atoms with van der Waals surface area (Å²) in [7, 11) is 0. The molecule has 0 unspecified atom stereocenters. The summed E-state index contributed by atoms with van der Waals surface area (Å²) in [6, 6.07) is 15.0. The molecule has 3 rings (SSSR count). The Morgan fingerprint density at radius 3 is 2.83 bits per heavy atom. The monoisotopic (exact) mass is 318 g/mol. The molecule has 2 aromatic heterocycles. The second-order valence-electron chi connectivity index (χ2n) is 4.99. The molecule has 0 aliphatic heterocycles. The van der Waals surface area contributed by atoms with E-state index < -0.39 is 5.91 Å². The minimum absolute atomic E-state index is 0.00849. The van der Waals surface area contributed by atoms with E-state index in [2.05, 4.69) is 10.4 Å². The van der Waals surface area contributed by atoms with E-state index in [0.717, 1.165) is 5.69 Å². The number of rotatable bonds is 5. The van der Waals surface area contributed by atoms with Crippen LogP contribution >= 0.6 is 0 Å². The predicted octanol–water partition coefficient (Wildman–Crippen LogP) is 2.69. The minimum Gasteiger partial charge on any atom is -0.467 e. The van der Waals surface area contributed by atoms with Crippen molar-refractivity contribution in [3.63, 3.8) is 0 Å². The number of nitrogens with one attached hydrogen (secondary N) is 1. The Labute approximate surface area is 138 Å². The zero-order chi connectivity index (χ0) is 16.8. The molecule has 0 bridgehead atoms. The first-order chi connectivity index (χ1) is 11.8. The van der Waals surface area contributed by atoms with E-state index in [1.165, 1.54) is 12.3 Å². The first-order valence-corrected chi connectivity index (χ1v) is 7.29. The Hall–Kier alpha value is -3.59. The van der Waals surface area contributed by atoms with Crippen LogP contribution in [0.2, 0.25) is 0 Å². The van der Waals surface area contributed by atoms with Gasteiger partial charge in [-0.3, -0.25) is 4.79 Å². The van der Waals surface area contributed by atoms with E-state index in [1.54, 1.807) is 29.2 Å². The van der Waals surface area contributed by atoms with Crippen molar-refractivity contribution in [2.45, 2.75) is 6.54 Å². The van der Waals surface area contributed by atoms with Crippen molar-refractivity contribution >= 4 is 12.0 Å². The van der Waals surface area contributed by atoms with Gasteiger partial charge in [0.2, 0.25) is 0 Å². The summed E-state index contributed by atoms with van der Waals surface area (Å²) in [5, 5.41) is 16.1. The van der Waals surface area contributed by atoms with Gasteiger partial charge in [-0.25, -0.2) is 4.68 Å². The fourth-order valence-electron chi connectivity index (χ4n) is 2.12. The highest BCUT2D eigenvalue weighted by atomic mass is 16.3. The smallest absolute Gasteiger partial charge is 0.262 e. The number of furan rings is 1. The average Bonchev–Trinajstić information content (AvgIpc) is 3.30. The van der Waals surface area contributed by atoms with Gasteiger partial charge in [0, 0.05) is 11.8 Å². The van der Waals surface area contributed by atoms with E-state index >= 15 is 0 Å². The van der Waals surface area contributed by atoms with Crippen LogP contribution in [-0.4, -0.2) is 15.7 Å². The third-order valence-electron chi connectivity index (χ3n) is 3.30. The van der Waals surface area contributed by atoms with Crippen molar-refractivity contribution in [3.05, 3.63) is 78.0 Å². The van der Waals surface area contributed by atoms with Crippen molar-refractivity contribution < 1.29 is 9.21 Å². The van der Waals surface area contributed by atoms with Gasteiger partial charge in [0.1, 0.15) is 17.4 Å². The molecule has 1 amide bonds. The molecule has 3 aromatic rings. The summed E-state index contributed by atoms with van der Waals surface area (Å²) in [4.78, 5) is 12.1. The fraction of sp³-hybridized carbons (Fsp3) is 0.0556. The summed E-state index contributed by atoms with van der Waals surface area (Å²) < 4.78 is 6.82. The number of carbonyl (C=O) groups is 1. The van der Waals surface area contributed by atoms with Crippen molar-refractivity contribution in [3.8, 4) is 11.8 Å². The highest BCUT2D eigenvalue weighted by Crippen LogP contribution is 2.11. The van der Waals surface area contributed by atoms with Crippen molar-refractivity contribution in [2.24, 2.45) is 0 Å². The quantitative estimate of drug-likeness (QED) is 0.579. The summed E-state index contributed by atoms with van der Waals surface area (Å²) in [6.07, 6.45) is 6.39. The van der Waals surface area contributed by atoms with E-state index in [-0.39, 0.29) is 12.1 Å². The van der Waals surface area contributed by atoms with Gasteiger partial charge in [0.05, 0.1) is 24.7 Å². The number of hydrogen-bond donors (Lipinski definition) is 1. The number of benzene rings is 1. The molecule has 0 saturated heterocycles. The number of amides is 1. The molecule has 0 aliphatic rings. The van der Waals surface area contributed by atoms with Crippen LogP contribution in [0.25, 0.3) is 11.8 Å². The van der Waals surface area contributed by atoms with Gasteiger partial charge < -0.3 is 9.73 Å². The lowest BCUT2D eigenvalue weighted by Crippen LogP contribution is -2.23. The van der Waals surface area contributed by atoms with Crippen LogP contribution in [0.15, 0.2) is 71.1 Å². The van der Waals surface area contributed by atoms with Gasteiger partial charge in [0.25, 0.3) is 5.91 Å². The van der Waals surface area contributed by atoms with Crippen LogP contribution in [-0.2, 0) is 11.3 Å². The molecule has 1 N–H and O–H groups in total. The lowest BCUT2D eigenvalue weighted by Gasteiger charge is -2.01. The van der Waals surface area contributed by atoms with E-state index in [1.807, 2.05) is 36.4 Å². The van der Waals surface area contributed by atoms with Crippen molar-refractivity contribution in [2.75, 3.05) is 0 Å². The number of para-hydroxylation sites is 1. The number of aromatic nitrogens is 2. The van der Waals surface area contributed by atoms with Gasteiger partial charge >= 0.3 is 0 Å². The maximum absolute atomic E-state index is 12.1. The molecule has 24 heavy (non-hydrogen) atoms. The van der Waals surface area contributed by atoms with Gasteiger partial charge in [0.15, 0.2) is 0 Å². The van der Waals surface area contributed by atoms with Gasteiger partial charge in [-0.2, -0.15) is 10.4 Å². The van der Waals surface area contributed by atoms with E-state index in [9.17, 15) is 10.1 Å². The van der Waals surface area contributed by atoms with Gasteiger partial charge in [-0.1, -0.05) is 18.2 Å². The zero-order valence-electron chi connectivity index (χ0n) is 12.7. The molecule has 0 radical (unpaired) electrons. The predicted molar refractivity (Wildman–Crippen MR) is 87.7 cm³/mol. The maximum atomic E-state index is 12.1. The number of hydrogen-bond acceptors (Lipinski definition) is 4. The molecule has 1 aromatic carbocycles. The second kappa shape index (κ2) is 7.11. The Bertz CT molecular complexity index is 887. The number of nitriles is 1. The maximum Gasteiger partial charge on any atom is 0.262 e. The Kier molecular flexibility index (Phi) is 4.54. The molecule has 6 heteroatoms. The standard InChI is InChI=1S/C18H14N4O2/c19-10-15(18(23)20-12-17-7-4-8-24-17)9-14-11-21-22(13-14)16-5-2-1-3-6-16/h1-9,11,13H,12H2,(H,20,23)/b15-9+. The zero-order valence-corrected chi connectivity index (χ0v) is 12.7. The highest BCUT2D eigenvalue weighted by molar-refractivity contribution is 6.01. The molecular weight excluding hydrogens is 304 g/mol. The Morgan fingerprint density at radius 2 is 2.12 bits per heavy atom. The normalized spacial score (nSPS) is 11.0. The summed E-state index contributed by atoms with van der Waals surface area (Å²) >= 11 is 0. The van der Waals surface area contributed by atoms with Gasteiger partial charge in [-0.15, -0.1) is 0 Å². The second-order valence-corrected chi connectivity index (χ2v) is 4.99. The highest BCUT2D eigenvalue weighted by Gasteiger charge is 2.10. The first-order valence-electron chi connectivity index (χ1n) is 7.29. The van der Waals surface area contributed by atoms with Crippen LogP contribution in [0, 0.1) is 11.3 Å². The molecule has 118 valence electrons. The van der Waals surface area contributed by atoms with Crippen LogP contribution in [0.3, 0.4) is 0 Å². The molecule has 0 atom stereocenters. The van der Waals surface area contributed by atoms with Crippen molar-refractivity contribution in [1.82, 2.24) is 15.1 Å². The van der Waals surface area contributed by atoms with Crippen LogP contribution in [0.4, 0.5) is 0 Å². The lowest BCUT2D eigenvalue weighted by atomic mass is 10.2. The lowest BCUT2D eigenvalue weighted by molar-refractivity contribution is -0.117. The molecule has 0 spiro atoms. The fourth-order valence-corrected chi connectivity index (χ4v) is 2.12. The molecule has 0 saturated carbocycles. The topological polar surface area (TPSA) is 83.8 Å². The van der Waals surface area contributed by atoms with Crippen LogP contribution in [0.5, 0.6) is 0 Å². The average molecular weight is 318 g/mol. The van der Waals surface area contributed by atoms with Crippen LogP contribution < -0.4 is 5.32 Å². The number of carbonyl (C=O) groups excluding carboxylic acids is 1. The summed E-state index contributed by atoms with van der Waals surface area (Å²) in [6.45, 7) is 0.230. The molecule has 6 nitrogen and oxygen atoms in total. The van der Waals surface area contributed by atoms with Crippen molar-refractivity contribution in [1.29, 1.82) is 5.26 Å². The van der Waals surface area contributed by atoms with E-state index in [0.29, 0.717) is 11.3 Å². The molecule has 0 aliphatic carbocycles. The van der Waals surface area contributed by atoms with Crippen LogP contribution in [0.1, 0.15) is 11.3 Å². The minimum atomic E-state index is -0.457. The Balaban J connectivity index is 1.72. The van der Waals surface area contributed by atoms with E-state index in [4.69, 9.17) is 4.42 Å². The SMILES string of the molecule is N#C/C(=C\c1cnn(-c2ccccc2)c1)C(=O)NCc1ccco1. The summed E-state index contributed by atoms with van der Waals surface area (Å²) in [5.41, 5.74) is 1.58. The number of nitrogens with zero attached hydrogens (tertiary/aromatic N) is 3. The molecule has 2 heterocycles. The first kappa shape index (κ1) is 15.3. The third kappa shape index (κ3) is 3.59. The summed E-state index contributed by atoms with van der Waals surface area (Å²) in [5.74, 6) is 0.166. The van der Waals surface area contributed by atoms with Gasteiger partial charge in [-0.05, 0) is 30.3 Å². The largest absolute Gasteiger partial charge is 0.467 e. The molecule has 0 fully saturated rings. The third-order valence-corrected chi connectivity index (χ3v) is 3.30. The Morgan fingerprint density at radius 1 is 1.29 bits per heavy atom.